The Kier molecular flexibility index (Phi) is 6.45. The van der Waals surface area contributed by atoms with Crippen molar-refractivity contribution in [2.24, 2.45) is 0 Å². The summed E-state index contributed by atoms with van der Waals surface area (Å²) >= 11 is 0. The van der Waals surface area contributed by atoms with E-state index in [1.54, 1.807) is 13.0 Å². The average Bonchev–Trinajstić information content (AvgIpc) is 2.14. The van der Waals surface area contributed by atoms with Gasteiger partial charge in [0.1, 0.15) is 0 Å². The van der Waals surface area contributed by atoms with Crippen molar-refractivity contribution >= 4 is 10.0 Å². The molecule has 0 fully saturated rings. The van der Waals surface area contributed by atoms with Gasteiger partial charge in [0, 0.05) is 13.2 Å². The maximum absolute atomic E-state index is 11.4. The molecule has 0 heterocycles. The van der Waals surface area contributed by atoms with E-state index in [1.165, 1.54) is 0 Å². The molecule has 0 saturated heterocycles. The molecule has 0 aromatic rings. The predicted molar refractivity (Wildman–Crippen MR) is 52.9 cm³/mol. The van der Waals surface area contributed by atoms with Crippen LogP contribution >= 0.6 is 0 Å². The minimum Gasteiger partial charge on any atom is -0.396 e. The van der Waals surface area contributed by atoms with Gasteiger partial charge in [-0.2, -0.15) is 5.26 Å². The molecule has 0 amide bonds. The van der Waals surface area contributed by atoms with Crippen molar-refractivity contribution in [3.05, 3.63) is 0 Å². The second kappa shape index (κ2) is 6.76. The molecule has 14 heavy (non-hydrogen) atoms. The van der Waals surface area contributed by atoms with Crippen LogP contribution in [0.4, 0.5) is 0 Å². The van der Waals surface area contributed by atoms with E-state index < -0.39 is 15.3 Å². The fourth-order valence-corrected chi connectivity index (χ4v) is 2.14. The normalized spacial score (nSPS) is 13.5. The van der Waals surface area contributed by atoms with Crippen LogP contribution in [0.1, 0.15) is 26.2 Å². The van der Waals surface area contributed by atoms with Crippen molar-refractivity contribution in [3.63, 3.8) is 0 Å². The zero-order chi connectivity index (χ0) is 11.0. The van der Waals surface area contributed by atoms with Crippen LogP contribution < -0.4 is 4.72 Å². The van der Waals surface area contributed by atoms with Gasteiger partial charge < -0.3 is 5.11 Å². The van der Waals surface area contributed by atoms with E-state index in [1.807, 2.05) is 0 Å². The van der Waals surface area contributed by atoms with Gasteiger partial charge in [-0.25, -0.2) is 13.1 Å². The summed E-state index contributed by atoms with van der Waals surface area (Å²) in [6.45, 7) is 1.99. The number of hydrogen-bond acceptors (Lipinski definition) is 4. The lowest BCUT2D eigenvalue weighted by Gasteiger charge is -2.09. The minimum absolute atomic E-state index is 0.0528. The molecule has 1 unspecified atom stereocenters. The molecule has 6 heteroatoms. The monoisotopic (exact) mass is 220 g/mol. The maximum Gasteiger partial charge on any atom is 0.227 e. The third-order valence-electron chi connectivity index (χ3n) is 1.78. The first-order chi connectivity index (χ1) is 6.58. The molecule has 1 atom stereocenters. The first-order valence-corrected chi connectivity index (χ1v) is 6.12. The molecule has 0 saturated carbocycles. The highest BCUT2D eigenvalue weighted by Gasteiger charge is 2.22. The van der Waals surface area contributed by atoms with Crippen molar-refractivity contribution in [1.82, 2.24) is 4.72 Å². The second-order valence-electron chi connectivity index (χ2n) is 2.90. The van der Waals surface area contributed by atoms with Gasteiger partial charge in [-0.15, -0.1) is 0 Å². The van der Waals surface area contributed by atoms with E-state index in [2.05, 4.69) is 4.72 Å². The van der Waals surface area contributed by atoms with Crippen LogP contribution in [-0.2, 0) is 10.0 Å². The second-order valence-corrected chi connectivity index (χ2v) is 4.84. The summed E-state index contributed by atoms with van der Waals surface area (Å²) in [6.07, 6.45) is 1.43. The predicted octanol–water partition coefficient (Wildman–Crippen LogP) is -0.0195. The Hall–Kier alpha value is -0.640. The third-order valence-corrected chi connectivity index (χ3v) is 3.57. The van der Waals surface area contributed by atoms with Gasteiger partial charge >= 0.3 is 0 Å². The Balaban J connectivity index is 4.02. The van der Waals surface area contributed by atoms with E-state index in [-0.39, 0.29) is 19.6 Å². The number of nitriles is 1. The highest BCUT2D eigenvalue weighted by molar-refractivity contribution is 7.90. The lowest BCUT2D eigenvalue weighted by Crippen LogP contribution is -2.33. The average molecular weight is 220 g/mol. The van der Waals surface area contributed by atoms with Gasteiger partial charge in [0.05, 0.1) is 6.07 Å². The lowest BCUT2D eigenvalue weighted by molar-refractivity contribution is 0.285. The van der Waals surface area contributed by atoms with Gasteiger partial charge in [-0.05, 0) is 19.3 Å². The smallest absolute Gasteiger partial charge is 0.227 e. The summed E-state index contributed by atoms with van der Waals surface area (Å²) in [5, 5.41) is 16.0. The largest absolute Gasteiger partial charge is 0.396 e. The van der Waals surface area contributed by atoms with Crippen molar-refractivity contribution in [3.8, 4) is 6.07 Å². The molecule has 0 aliphatic heterocycles. The van der Waals surface area contributed by atoms with Crippen LogP contribution in [0.15, 0.2) is 0 Å². The Morgan fingerprint density at radius 1 is 1.50 bits per heavy atom. The van der Waals surface area contributed by atoms with Crippen LogP contribution in [0.25, 0.3) is 0 Å². The Labute approximate surface area is 84.8 Å². The van der Waals surface area contributed by atoms with Crippen LogP contribution in [0.3, 0.4) is 0 Å². The first kappa shape index (κ1) is 13.4. The molecule has 0 bridgehead atoms. The Bertz CT molecular complexity index is 281. The highest BCUT2D eigenvalue weighted by Crippen LogP contribution is 2.02. The third kappa shape index (κ3) is 4.56. The molecule has 0 aromatic carbocycles. The van der Waals surface area contributed by atoms with Gasteiger partial charge in [-0.3, -0.25) is 0 Å². The Morgan fingerprint density at radius 3 is 2.57 bits per heavy atom. The molecule has 2 N–H and O–H groups in total. The van der Waals surface area contributed by atoms with Gasteiger partial charge in [0.15, 0.2) is 5.25 Å². The van der Waals surface area contributed by atoms with Crippen molar-refractivity contribution in [1.29, 1.82) is 5.26 Å². The summed E-state index contributed by atoms with van der Waals surface area (Å²) in [5.41, 5.74) is 0. The molecule has 82 valence electrons. The van der Waals surface area contributed by atoms with Crippen LogP contribution in [0, 0.1) is 11.3 Å². The minimum atomic E-state index is -3.50. The van der Waals surface area contributed by atoms with E-state index in [0.29, 0.717) is 12.8 Å². The van der Waals surface area contributed by atoms with Crippen molar-refractivity contribution in [2.75, 3.05) is 13.2 Å². The quantitative estimate of drug-likeness (QED) is 0.590. The summed E-state index contributed by atoms with van der Waals surface area (Å²) in [5.74, 6) is 0. The summed E-state index contributed by atoms with van der Waals surface area (Å²) in [4.78, 5) is 0. The van der Waals surface area contributed by atoms with Crippen molar-refractivity contribution < 1.29 is 13.5 Å². The number of aliphatic hydroxyl groups excluding tert-OH is 1. The molecular weight excluding hydrogens is 204 g/mol. The number of rotatable bonds is 7. The van der Waals surface area contributed by atoms with Crippen molar-refractivity contribution in [2.45, 2.75) is 31.4 Å². The van der Waals surface area contributed by atoms with Gasteiger partial charge in [0.2, 0.25) is 10.0 Å². The zero-order valence-corrected chi connectivity index (χ0v) is 9.05. The van der Waals surface area contributed by atoms with E-state index in [0.717, 1.165) is 0 Å². The molecule has 0 radical (unpaired) electrons. The van der Waals surface area contributed by atoms with E-state index in [9.17, 15) is 8.42 Å². The van der Waals surface area contributed by atoms with Crippen LogP contribution in [0.2, 0.25) is 0 Å². The number of nitrogens with one attached hydrogen (secondary N) is 1. The SMILES string of the molecule is CCC(C#N)S(=O)(=O)NCCCCO. The number of aliphatic hydroxyl groups is 1. The van der Waals surface area contributed by atoms with E-state index >= 15 is 0 Å². The van der Waals surface area contributed by atoms with Crippen LogP contribution in [-0.4, -0.2) is 31.9 Å². The molecule has 0 spiro atoms. The number of sulfonamides is 1. The lowest BCUT2D eigenvalue weighted by atomic mass is 10.3. The fourth-order valence-electron chi connectivity index (χ4n) is 0.932. The fraction of sp³-hybridized carbons (Fsp3) is 0.875. The summed E-state index contributed by atoms with van der Waals surface area (Å²) in [7, 11) is -3.50. The molecule has 0 rings (SSSR count). The maximum atomic E-state index is 11.4. The first-order valence-electron chi connectivity index (χ1n) is 4.57. The number of hydrogen-bond donors (Lipinski definition) is 2. The highest BCUT2D eigenvalue weighted by atomic mass is 32.2. The molecule has 5 nitrogen and oxygen atoms in total. The Morgan fingerprint density at radius 2 is 2.14 bits per heavy atom. The van der Waals surface area contributed by atoms with Gasteiger partial charge in [0.25, 0.3) is 0 Å². The van der Waals surface area contributed by atoms with Crippen LogP contribution in [0.5, 0.6) is 0 Å². The summed E-state index contributed by atoms with van der Waals surface area (Å²) < 4.78 is 25.1. The standard InChI is InChI=1S/C8H16N2O3S/c1-2-8(7-9)14(12,13)10-5-3-4-6-11/h8,10-11H,2-6H2,1H3. The number of nitrogens with zero attached hydrogens (tertiary/aromatic N) is 1. The number of unbranched alkanes of at least 4 members (excludes halogenated alkanes) is 1. The van der Waals surface area contributed by atoms with E-state index in [4.69, 9.17) is 10.4 Å². The molecular formula is C8H16N2O3S. The summed E-state index contributed by atoms with van der Waals surface area (Å²) in [6, 6.07) is 1.73. The molecule has 0 aromatic heterocycles. The molecule has 0 aliphatic rings. The molecule has 0 aliphatic carbocycles. The van der Waals surface area contributed by atoms with Gasteiger partial charge in [-0.1, -0.05) is 6.92 Å². The topological polar surface area (TPSA) is 90.2 Å². The zero-order valence-electron chi connectivity index (χ0n) is 8.23.